The molecule has 0 aliphatic heterocycles. The highest BCUT2D eigenvalue weighted by Crippen LogP contribution is 2.28. The van der Waals surface area contributed by atoms with Crippen LogP contribution in [0.3, 0.4) is 0 Å². The molecule has 0 fully saturated rings. The molecule has 8 heteroatoms. The molecule has 20 heavy (non-hydrogen) atoms. The first-order valence-corrected chi connectivity index (χ1v) is 7.34. The molecule has 0 radical (unpaired) electrons. The second-order valence-electron chi connectivity index (χ2n) is 3.71. The van der Waals surface area contributed by atoms with Gasteiger partial charge in [-0.2, -0.15) is 0 Å². The summed E-state index contributed by atoms with van der Waals surface area (Å²) >= 11 is 2.57. The molecule has 3 N–H and O–H groups in total. The number of carbonyl (C=O) groups excluding carboxylic acids is 2. The third-order valence-corrected chi connectivity index (χ3v) is 4.23. The Balaban J connectivity index is 1.97. The molecule has 2 rings (SSSR count). The highest BCUT2D eigenvalue weighted by molar-refractivity contribution is 8.01. The molecule has 0 bridgehead atoms. The molecule has 1 aromatic carbocycles. The first-order valence-electron chi connectivity index (χ1n) is 5.48. The Kier molecular flexibility index (Phi) is 4.70. The van der Waals surface area contributed by atoms with Crippen LogP contribution in [0.5, 0.6) is 0 Å². The molecule has 0 saturated heterocycles. The van der Waals surface area contributed by atoms with Gasteiger partial charge in [-0.05, 0) is 24.3 Å². The molecular formula is C12H10FN3O2S2. The third kappa shape index (κ3) is 4.04. The summed E-state index contributed by atoms with van der Waals surface area (Å²) in [6, 6.07) is 5.13. The topological polar surface area (TPSA) is 85.1 Å². The van der Waals surface area contributed by atoms with Crippen LogP contribution >= 0.6 is 23.1 Å². The van der Waals surface area contributed by atoms with Crippen LogP contribution in [-0.2, 0) is 4.79 Å². The van der Waals surface area contributed by atoms with Gasteiger partial charge in [0.1, 0.15) is 5.82 Å². The molecule has 0 saturated carbocycles. The molecule has 104 valence electrons. The van der Waals surface area contributed by atoms with E-state index in [1.165, 1.54) is 35.2 Å². The van der Waals surface area contributed by atoms with Crippen molar-refractivity contribution in [1.82, 2.24) is 10.3 Å². The van der Waals surface area contributed by atoms with Gasteiger partial charge in [-0.25, -0.2) is 14.2 Å². The lowest BCUT2D eigenvalue weighted by molar-refractivity contribution is -0.117. The van der Waals surface area contributed by atoms with Crippen molar-refractivity contribution in [2.75, 3.05) is 5.75 Å². The monoisotopic (exact) mass is 311 g/mol. The predicted molar refractivity (Wildman–Crippen MR) is 76.0 cm³/mol. The number of urea groups is 1. The first kappa shape index (κ1) is 14.5. The van der Waals surface area contributed by atoms with Crippen molar-refractivity contribution in [2.24, 2.45) is 5.73 Å². The summed E-state index contributed by atoms with van der Waals surface area (Å²) in [5.41, 5.74) is 6.35. The number of nitrogens with zero attached hydrogens (tertiary/aromatic N) is 1. The smallest absolute Gasteiger partial charge is 0.318 e. The van der Waals surface area contributed by atoms with E-state index >= 15 is 0 Å². The highest BCUT2D eigenvalue weighted by atomic mass is 32.2. The zero-order chi connectivity index (χ0) is 14.5. The maximum atomic E-state index is 12.8. The lowest BCUT2D eigenvalue weighted by Crippen LogP contribution is -2.36. The molecule has 0 unspecified atom stereocenters. The Morgan fingerprint density at radius 2 is 2.05 bits per heavy atom. The Morgan fingerprint density at radius 1 is 1.35 bits per heavy atom. The van der Waals surface area contributed by atoms with E-state index < -0.39 is 11.9 Å². The second kappa shape index (κ2) is 6.49. The van der Waals surface area contributed by atoms with Gasteiger partial charge in [0.2, 0.25) is 5.91 Å². The van der Waals surface area contributed by atoms with Crippen molar-refractivity contribution >= 4 is 35.0 Å². The van der Waals surface area contributed by atoms with E-state index in [9.17, 15) is 14.0 Å². The molecule has 3 amide bonds. The standard InChI is InChI=1S/C12H10FN3O2S2/c13-8-3-1-7(2-4-8)9-5-19-12(15-9)20-6-10(17)16-11(14)18/h1-5H,6H2,(H3,14,16,17,18). The van der Waals surface area contributed by atoms with Gasteiger partial charge < -0.3 is 5.73 Å². The van der Waals surface area contributed by atoms with Crippen LogP contribution < -0.4 is 11.1 Å². The maximum absolute atomic E-state index is 12.8. The minimum absolute atomic E-state index is 0.0549. The van der Waals surface area contributed by atoms with Crippen LogP contribution in [0.25, 0.3) is 11.3 Å². The number of hydrogen-bond acceptors (Lipinski definition) is 5. The van der Waals surface area contributed by atoms with Gasteiger partial charge in [0.05, 0.1) is 11.4 Å². The molecule has 0 aliphatic carbocycles. The summed E-state index contributed by atoms with van der Waals surface area (Å²) in [7, 11) is 0. The number of nitrogens with one attached hydrogen (secondary N) is 1. The fraction of sp³-hybridized carbons (Fsp3) is 0.0833. The van der Waals surface area contributed by atoms with Gasteiger partial charge >= 0.3 is 6.03 Å². The molecule has 0 aliphatic rings. The normalized spacial score (nSPS) is 10.2. The Labute approximate surface area is 122 Å². The van der Waals surface area contributed by atoms with E-state index in [2.05, 4.69) is 4.98 Å². The number of hydrogen-bond donors (Lipinski definition) is 2. The summed E-state index contributed by atoms with van der Waals surface area (Å²) in [4.78, 5) is 26.0. The molecule has 2 aromatic rings. The highest BCUT2D eigenvalue weighted by Gasteiger charge is 2.09. The van der Waals surface area contributed by atoms with Crippen molar-refractivity contribution in [3.63, 3.8) is 0 Å². The third-order valence-electron chi connectivity index (χ3n) is 2.21. The number of imide groups is 1. The largest absolute Gasteiger partial charge is 0.351 e. The predicted octanol–water partition coefficient (Wildman–Crippen LogP) is 2.24. The average Bonchev–Trinajstić information content (AvgIpc) is 2.85. The number of thiazole rings is 1. The Bertz CT molecular complexity index is 628. The van der Waals surface area contributed by atoms with Gasteiger partial charge in [0.15, 0.2) is 4.34 Å². The van der Waals surface area contributed by atoms with Crippen LogP contribution in [-0.4, -0.2) is 22.7 Å². The van der Waals surface area contributed by atoms with E-state index in [1.54, 1.807) is 12.1 Å². The summed E-state index contributed by atoms with van der Waals surface area (Å²) < 4.78 is 13.5. The molecular weight excluding hydrogens is 301 g/mol. The van der Waals surface area contributed by atoms with Crippen molar-refractivity contribution in [3.05, 3.63) is 35.5 Å². The number of nitrogens with two attached hydrogens (primary N) is 1. The van der Waals surface area contributed by atoms with Gasteiger partial charge in [-0.15, -0.1) is 11.3 Å². The van der Waals surface area contributed by atoms with E-state index in [-0.39, 0.29) is 11.6 Å². The lowest BCUT2D eigenvalue weighted by Gasteiger charge is -1.98. The summed E-state index contributed by atoms with van der Waals surface area (Å²) in [6.07, 6.45) is 0. The molecule has 1 heterocycles. The van der Waals surface area contributed by atoms with E-state index in [0.717, 1.165) is 5.56 Å². The number of amides is 3. The van der Waals surface area contributed by atoms with E-state index in [4.69, 9.17) is 5.73 Å². The van der Waals surface area contributed by atoms with Crippen molar-refractivity contribution in [3.8, 4) is 11.3 Å². The van der Waals surface area contributed by atoms with Gasteiger partial charge in [-0.1, -0.05) is 11.8 Å². The minimum atomic E-state index is -0.873. The van der Waals surface area contributed by atoms with Crippen LogP contribution in [0.4, 0.5) is 9.18 Å². The number of aromatic nitrogens is 1. The quantitative estimate of drug-likeness (QED) is 0.848. The lowest BCUT2D eigenvalue weighted by atomic mass is 10.2. The number of rotatable bonds is 4. The summed E-state index contributed by atoms with van der Waals surface area (Å²) in [5.74, 6) is -0.720. The number of halogens is 1. The number of benzene rings is 1. The maximum Gasteiger partial charge on any atom is 0.318 e. The Hall–Kier alpha value is -1.93. The van der Waals surface area contributed by atoms with Gasteiger partial charge in [-0.3, -0.25) is 10.1 Å². The number of carbonyl (C=O) groups is 2. The van der Waals surface area contributed by atoms with Gasteiger partial charge in [0, 0.05) is 10.9 Å². The fourth-order valence-electron chi connectivity index (χ4n) is 1.38. The van der Waals surface area contributed by atoms with Crippen molar-refractivity contribution in [2.45, 2.75) is 4.34 Å². The Morgan fingerprint density at radius 3 is 2.70 bits per heavy atom. The number of thioether (sulfide) groups is 1. The summed E-state index contributed by atoms with van der Waals surface area (Å²) in [6.45, 7) is 0. The van der Waals surface area contributed by atoms with Crippen LogP contribution in [0, 0.1) is 5.82 Å². The van der Waals surface area contributed by atoms with Crippen molar-refractivity contribution in [1.29, 1.82) is 0 Å². The zero-order valence-electron chi connectivity index (χ0n) is 10.1. The average molecular weight is 311 g/mol. The SMILES string of the molecule is NC(=O)NC(=O)CSc1nc(-c2ccc(F)cc2)cs1. The molecule has 0 spiro atoms. The minimum Gasteiger partial charge on any atom is -0.351 e. The van der Waals surface area contributed by atoms with Crippen LogP contribution in [0.2, 0.25) is 0 Å². The van der Waals surface area contributed by atoms with E-state index in [1.807, 2.05) is 10.7 Å². The van der Waals surface area contributed by atoms with Gasteiger partial charge in [0.25, 0.3) is 0 Å². The first-order chi connectivity index (χ1) is 9.54. The fourth-order valence-corrected chi connectivity index (χ4v) is 3.01. The molecule has 1 aromatic heterocycles. The van der Waals surface area contributed by atoms with Crippen LogP contribution in [0.15, 0.2) is 34.0 Å². The molecule has 5 nitrogen and oxygen atoms in total. The number of primary amides is 1. The molecule has 0 atom stereocenters. The summed E-state index contributed by atoms with van der Waals surface area (Å²) in [5, 5.41) is 3.79. The van der Waals surface area contributed by atoms with Crippen molar-refractivity contribution < 1.29 is 14.0 Å². The van der Waals surface area contributed by atoms with E-state index in [0.29, 0.717) is 10.0 Å². The van der Waals surface area contributed by atoms with Crippen LogP contribution in [0.1, 0.15) is 0 Å². The second-order valence-corrected chi connectivity index (χ2v) is 5.79. The zero-order valence-corrected chi connectivity index (χ0v) is 11.8.